The topological polar surface area (TPSA) is 39.2 Å². The molecule has 0 unspecified atom stereocenters. The lowest BCUT2D eigenvalue weighted by Crippen LogP contribution is -1.82. The average molecular weight is 233 g/mol. The molecule has 0 saturated heterocycles. The highest BCUT2D eigenvalue weighted by molar-refractivity contribution is 7.16. The number of nitrogens with zero attached hydrogens (tertiary/aromatic N) is 1. The van der Waals surface area contributed by atoms with E-state index >= 15 is 0 Å². The lowest BCUT2D eigenvalue weighted by Gasteiger charge is -1.99. The summed E-state index contributed by atoms with van der Waals surface area (Å²) in [7, 11) is 1.63. The highest BCUT2D eigenvalue weighted by Gasteiger charge is 2.08. The van der Waals surface area contributed by atoms with Crippen LogP contribution in [0, 0.1) is 6.92 Å². The van der Waals surface area contributed by atoms with Crippen LogP contribution in [0.4, 0.5) is 0 Å². The first-order chi connectivity index (χ1) is 7.74. The molecular weight excluding hydrogens is 222 g/mol. The van der Waals surface area contributed by atoms with Crippen LogP contribution in [-0.4, -0.2) is 18.4 Å². The monoisotopic (exact) mass is 233 g/mol. The van der Waals surface area contributed by atoms with E-state index in [0.717, 1.165) is 28.3 Å². The van der Waals surface area contributed by atoms with Gasteiger partial charge < -0.3 is 4.74 Å². The number of aldehydes is 1. The summed E-state index contributed by atoms with van der Waals surface area (Å²) in [5, 5.41) is 0.863. The number of methoxy groups -OCH3 is 1. The van der Waals surface area contributed by atoms with Gasteiger partial charge >= 0.3 is 0 Å². The number of hydrogen-bond acceptors (Lipinski definition) is 4. The van der Waals surface area contributed by atoms with Crippen molar-refractivity contribution in [3.8, 4) is 16.3 Å². The Morgan fingerprint density at radius 3 is 2.50 bits per heavy atom. The van der Waals surface area contributed by atoms with E-state index in [0.29, 0.717) is 4.88 Å². The van der Waals surface area contributed by atoms with Crippen LogP contribution in [0.3, 0.4) is 0 Å². The number of ether oxygens (including phenoxy) is 1. The van der Waals surface area contributed by atoms with Crippen LogP contribution in [0.1, 0.15) is 15.4 Å². The van der Waals surface area contributed by atoms with Crippen molar-refractivity contribution in [2.45, 2.75) is 6.92 Å². The summed E-state index contributed by atoms with van der Waals surface area (Å²) >= 11 is 1.41. The molecule has 0 aliphatic carbocycles. The fraction of sp³-hybridized carbons (Fsp3) is 0.167. The molecule has 0 fully saturated rings. The van der Waals surface area contributed by atoms with Gasteiger partial charge in [-0.1, -0.05) is 0 Å². The van der Waals surface area contributed by atoms with E-state index in [2.05, 4.69) is 4.98 Å². The van der Waals surface area contributed by atoms with Gasteiger partial charge in [-0.2, -0.15) is 0 Å². The third-order valence-corrected chi connectivity index (χ3v) is 3.41. The zero-order chi connectivity index (χ0) is 11.5. The Labute approximate surface area is 97.7 Å². The van der Waals surface area contributed by atoms with E-state index in [4.69, 9.17) is 4.74 Å². The van der Waals surface area contributed by atoms with Gasteiger partial charge in [0.15, 0.2) is 6.29 Å². The number of carbonyl (C=O) groups excluding carboxylic acids is 1. The third-order valence-electron chi connectivity index (χ3n) is 2.28. The maximum Gasteiger partial charge on any atom is 0.161 e. The van der Waals surface area contributed by atoms with Crippen molar-refractivity contribution in [2.75, 3.05) is 7.11 Å². The molecule has 0 amide bonds. The number of rotatable bonds is 3. The maximum absolute atomic E-state index is 10.7. The summed E-state index contributed by atoms with van der Waals surface area (Å²) in [4.78, 5) is 15.8. The predicted octanol–water partition coefficient (Wildman–Crippen LogP) is 2.94. The van der Waals surface area contributed by atoms with Gasteiger partial charge in [0.05, 0.1) is 17.7 Å². The number of aryl methyl sites for hydroxylation is 1. The molecule has 82 valence electrons. The first-order valence-corrected chi connectivity index (χ1v) is 5.63. The lowest BCUT2D eigenvalue weighted by molar-refractivity contribution is 0.112. The van der Waals surface area contributed by atoms with Crippen molar-refractivity contribution in [3.05, 3.63) is 34.8 Å². The van der Waals surface area contributed by atoms with Crippen LogP contribution < -0.4 is 4.74 Å². The van der Waals surface area contributed by atoms with Crippen LogP contribution in [0.15, 0.2) is 24.3 Å². The van der Waals surface area contributed by atoms with Gasteiger partial charge in [0, 0.05) is 5.56 Å². The molecule has 0 atom stereocenters. The summed E-state index contributed by atoms with van der Waals surface area (Å²) in [5.41, 5.74) is 1.79. The summed E-state index contributed by atoms with van der Waals surface area (Å²) in [6.45, 7) is 1.84. The minimum absolute atomic E-state index is 0.686. The molecule has 0 aliphatic rings. The molecule has 1 heterocycles. The number of hydrogen-bond donors (Lipinski definition) is 0. The second-order valence-corrected chi connectivity index (χ2v) is 4.35. The van der Waals surface area contributed by atoms with Gasteiger partial charge in [0.1, 0.15) is 10.8 Å². The molecule has 0 spiro atoms. The predicted molar refractivity (Wildman–Crippen MR) is 64.2 cm³/mol. The molecule has 0 bridgehead atoms. The fourth-order valence-electron chi connectivity index (χ4n) is 1.37. The van der Waals surface area contributed by atoms with Gasteiger partial charge in [-0.3, -0.25) is 4.79 Å². The van der Waals surface area contributed by atoms with Gasteiger partial charge in [-0.05, 0) is 31.2 Å². The smallest absolute Gasteiger partial charge is 0.161 e. The number of thiazole rings is 1. The molecule has 0 radical (unpaired) electrons. The normalized spacial score (nSPS) is 10.1. The molecule has 1 aromatic heterocycles. The quantitative estimate of drug-likeness (QED) is 0.765. The largest absolute Gasteiger partial charge is 0.497 e. The van der Waals surface area contributed by atoms with Gasteiger partial charge in [-0.15, -0.1) is 11.3 Å². The van der Waals surface area contributed by atoms with E-state index in [1.54, 1.807) is 7.11 Å². The summed E-state index contributed by atoms with van der Waals surface area (Å²) in [6.07, 6.45) is 0.847. The molecule has 0 saturated carbocycles. The molecule has 0 aliphatic heterocycles. The molecular formula is C12H11NO2S. The fourth-order valence-corrected chi connectivity index (χ4v) is 2.26. The van der Waals surface area contributed by atoms with Crippen molar-refractivity contribution < 1.29 is 9.53 Å². The molecule has 4 heteroatoms. The Kier molecular flexibility index (Phi) is 3.01. The Morgan fingerprint density at radius 1 is 1.31 bits per heavy atom. The zero-order valence-corrected chi connectivity index (χ0v) is 9.88. The van der Waals surface area contributed by atoms with Gasteiger partial charge in [0.2, 0.25) is 0 Å². The highest BCUT2D eigenvalue weighted by atomic mass is 32.1. The van der Waals surface area contributed by atoms with Crippen LogP contribution in [0.2, 0.25) is 0 Å². The first kappa shape index (κ1) is 10.8. The molecule has 3 nitrogen and oxygen atoms in total. The standard InChI is InChI=1S/C12H11NO2S/c1-8-11(7-14)16-12(13-8)9-3-5-10(15-2)6-4-9/h3-7H,1-2H3. The minimum Gasteiger partial charge on any atom is -0.497 e. The molecule has 1 aromatic carbocycles. The summed E-state index contributed by atoms with van der Waals surface area (Å²) in [6, 6.07) is 7.64. The molecule has 2 aromatic rings. The summed E-state index contributed by atoms with van der Waals surface area (Å²) in [5.74, 6) is 0.813. The number of aromatic nitrogens is 1. The van der Waals surface area contributed by atoms with Gasteiger partial charge in [0.25, 0.3) is 0 Å². The second-order valence-electron chi connectivity index (χ2n) is 3.32. The summed E-state index contributed by atoms with van der Waals surface area (Å²) < 4.78 is 5.08. The van der Waals surface area contributed by atoms with E-state index in [1.807, 2.05) is 31.2 Å². The van der Waals surface area contributed by atoms with Crippen molar-refractivity contribution in [2.24, 2.45) is 0 Å². The maximum atomic E-state index is 10.7. The highest BCUT2D eigenvalue weighted by Crippen LogP contribution is 2.28. The Bertz CT molecular complexity index is 502. The lowest BCUT2D eigenvalue weighted by atomic mass is 10.2. The minimum atomic E-state index is 0.686. The van der Waals surface area contributed by atoms with Crippen LogP contribution >= 0.6 is 11.3 Å². The number of carbonyl (C=O) groups is 1. The van der Waals surface area contributed by atoms with Crippen LogP contribution in [0.25, 0.3) is 10.6 Å². The van der Waals surface area contributed by atoms with Crippen molar-refractivity contribution in [3.63, 3.8) is 0 Å². The van der Waals surface area contributed by atoms with E-state index < -0.39 is 0 Å². The third kappa shape index (κ3) is 1.97. The zero-order valence-electron chi connectivity index (χ0n) is 9.06. The Morgan fingerprint density at radius 2 is 2.00 bits per heavy atom. The average Bonchev–Trinajstić information content (AvgIpc) is 2.71. The van der Waals surface area contributed by atoms with Crippen LogP contribution in [0.5, 0.6) is 5.75 Å². The second kappa shape index (κ2) is 4.45. The van der Waals surface area contributed by atoms with E-state index in [-0.39, 0.29) is 0 Å². The van der Waals surface area contributed by atoms with Gasteiger partial charge in [-0.25, -0.2) is 4.98 Å². The van der Waals surface area contributed by atoms with Crippen molar-refractivity contribution in [1.29, 1.82) is 0 Å². The van der Waals surface area contributed by atoms with Crippen molar-refractivity contribution >= 4 is 17.6 Å². The van der Waals surface area contributed by atoms with Crippen LogP contribution in [-0.2, 0) is 0 Å². The van der Waals surface area contributed by atoms with Crippen molar-refractivity contribution in [1.82, 2.24) is 4.98 Å². The number of benzene rings is 1. The Balaban J connectivity index is 2.38. The Hall–Kier alpha value is -1.68. The molecule has 16 heavy (non-hydrogen) atoms. The van der Waals surface area contributed by atoms with E-state index in [9.17, 15) is 4.79 Å². The molecule has 2 rings (SSSR count). The van der Waals surface area contributed by atoms with E-state index in [1.165, 1.54) is 11.3 Å². The first-order valence-electron chi connectivity index (χ1n) is 4.81. The molecule has 0 N–H and O–H groups in total. The SMILES string of the molecule is COc1ccc(-c2nc(C)c(C=O)s2)cc1.